The number of rotatable bonds is 6. The third kappa shape index (κ3) is 4.91. The zero-order valence-corrected chi connectivity index (χ0v) is 11.9. The first kappa shape index (κ1) is 15.0. The number of carbonyl (C=O) groups excluding carboxylic acids is 1. The molecule has 2 rings (SSSR count). The summed E-state index contributed by atoms with van der Waals surface area (Å²) in [4.78, 5) is 11.8. The van der Waals surface area contributed by atoms with Gasteiger partial charge in [0, 0.05) is 0 Å². The molecule has 1 amide bonds. The van der Waals surface area contributed by atoms with Gasteiger partial charge in [0.2, 0.25) is 5.91 Å². The molecule has 1 atom stereocenters. The quantitative estimate of drug-likeness (QED) is 0.883. The Morgan fingerprint density at radius 2 is 1.81 bits per heavy atom. The molecule has 0 heterocycles. The number of hydrogen-bond donors (Lipinski definition) is 1. The van der Waals surface area contributed by atoms with Gasteiger partial charge in [-0.25, -0.2) is 4.39 Å². The Kier molecular flexibility index (Phi) is 5.32. The fraction of sp³-hybridized carbons (Fsp3) is 0.235. The van der Waals surface area contributed by atoms with Crippen LogP contribution >= 0.6 is 0 Å². The van der Waals surface area contributed by atoms with Crippen molar-refractivity contribution in [3.05, 3.63) is 66.0 Å². The highest BCUT2D eigenvalue weighted by molar-refractivity contribution is 5.76. The minimum absolute atomic E-state index is 0.0375. The van der Waals surface area contributed by atoms with Gasteiger partial charge in [0.05, 0.1) is 19.1 Å². The Labute approximate surface area is 123 Å². The van der Waals surface area contributed by atoms with Crippen LogP contribution in [0.15, 0.2) is 54.6 Å². The van der Waals surface area contributed by atoms with Crippen molar-refractivity contribution < 1.29 is 13.9 Å². The Hall–Kier alpha value is -2.36. The lowest BCUT2D eigenvalue weighted by atomic mass is 10.1. The van der Waals surface area contributed by atoms with Crippen molar-refractivity contribution in [1.82, 2.24) is 5.32 Å². The van der Waals surface area contributed by atoms with E-state index in [1.54, 1.807) is 12.1 Å². The highest BCUT2D eigenvalue weighted by Gasteiger charge is 2.09. The molecule has 0 bridgehead atoms. The molecule has 2 aromatic rings. The van der Waals surface area contributed by atoms with Crippen LogP contribution in [0.5, 0.6) is 5.75 Å². The summed E-state index contributed by atoms with van der Waals surface area (Å²) in [5.41, 5.74) is 1.06. The SMILES string of the molecule is CC(NC(=O)CCOc1ccc(F)cc1)c1ccccc1. The van der Waals surface area contributed by atoms with Gasteiger partial charge in [0.15, 0.2) is 0 Å². The van der Waals surface area contributed by atoms with Crippen molar-refractivity contribution >= 4 is 5.91 Å². The van der Waals surface area contributed by atoms with Gasteiger partial charge in [-0.1, -0.05) is 30.3 Å². The van der Waals surface area contributed by atoms with E-state index in [1.807, 2.05) is 37.3 Å². The predicted octanol–water partition coefficient (Wildman–Crippen LogP) is 3.47. The summed E-state index contributed by atoms with van der Waals surface area (Å²) in [6.07, 6.45) is 0.258. The van der Waals surface area contributed by atoms with E-state index in [9.17, 15) is 9.18 Å². The molecule has 0 aliphatic heterocycles. The van der Waals surface area contributed by atoms with Gasteiger partial charge >= 0.3 is 0 Å². The molecule has 0 aliphatic rings. The fourth-order valence-electron chi connectivity index (χ4n) is 1.93. The van der Waals surface area contributed by atoms with Gasteiger partial charge in [0.1, 0.15) is 11.6 Å². The lowest BCUT2D eigenvalue weighted by Gasteiger charge is -2.14. The van der Waals surface area contributed by atoms with Crippen molar-refractivity contribution in [3.8, 4) is 5.75 Å². The van der Waals surface area contributed by atoms with Gasteiger partial charge in [-0.05, 0) is 36.8 Å². The third-order valence-corrected chi connectivity index (χ3v) is 3.09. The Morgan fingerprint density at radius 1 is 1.14 bits per heavy atom. The average Bonchev–Trinajstić information content (AvgIpc) is 2.50. The summed E-state index contributed by atoms with van der Waals surface area (Å²) in [7, 11) is 0. The van der Waals surface area contributed by atoms with Crippen LogP contribution in [-0.4, -0.2) is 12.5 Å². The van der Waals surface area contributed by atoms with Crippen LogP contribution in [0.1, 0.15) is 24.9 Å². The first-order valence-electron chi connectivity index (χ1n) is 6.88. The molecule has 0 saturated carbocycles. The van der Waals surface area contributed by atoms with Gasteiger partial charge in [-0.15, -0.1) is 0 Å². The minimum Gasteiger partial charge on any atom is -0.493 e. The van der Waals surface area contributed by atoms with Crippen molar-refractivity contribution in [1.29, 1.82) is 0 Å². The first-order chi connectivity index (χ1) is 10.1. The highest BCUT2D eigenvalue weighted by atomic mass is 19.1. The molecular weight excluding hydrogens is 269 g/mol. The molecule has 0 aliphatic carbocycles. The molecule has 2 aromatic carbocycles. The second-order valence-electron chi connectivity index (χ2n) is 4.75. The fourth-order valence-corrected chi connectivity index (χ4v) is 1.93. The van der Waals surface area contributed by atoms with E-state index in [2.05, 4.69) is 5.32 Å². The molecule has 3 nitrogen and oxygen atoms in total. The number of amides is 1. The number of ether oxygens (including phenoxy) is 1. The number of nitrogens with one attached hydrogen (secondary N) is 1. The van der Waals surface area contributed by atoms with Crippen LogP contribution in [0.25, 0.3) is 0 Å². The van der Waals surface area contributed by atoms with Crippen molar-refractivity contribution in [3.63, 3.8) is 0 Å². The van der Waals surface area contributed by atoms with Crippen LogP contribution in [0.3, 0.4) is 0 Å². The van der Waals surface area contributed by atoms with Crippen LogP contribution < -0.4 is 10.1 Å². The molecule has 0 fully saturated rings. The van der Waals surface area contributed by atoms with E-state index >= 15 is 0 Å². The summed E-state index contributed by atoms with van der Waals surface area (Å²) in [6.45, 7) is 2.20. The molecule has 0 spiro atoms. The van der Waals surface area contributed by atoms with Gasteiger partial charge in [0.25, 0.3) is 0 Å². The predicted molar refractivity (Wildman–Crippen MR) is 79.5 cm³/mol. The lowest BCUT2D eigenvalue weighted by molar-refractivity contribution is -0.122. The van der Waals surface area contributed by atoms with Gasteiger partial charge in [-0.3, -0.25) is 4.79 Å². The molecule has 110 valence electrons. The lowest BCUT2D eigenvalue weighted by Crippen LogP contribution is -2.27. The first-order valence-corrected chi connectivity index (χ1v) is 6.88. The number of halogens is 1. The van der Waals surface area contributed by atoms with Crippen LogP contribution in [0.2, 0.25) is 0 Å². The molecule has 0 radical (unpaired) electrons. The monoisotopic (exact) mass is 287 g/mol. The van der Waals surface area contributed by atoms with E-state index in [0.717, 1.165) is 5.56 Å². The smallest absolute Gasteiger partial charge is 0.223 e. The van der Waals surface area contributed by atoms with Crippen molar-refractivity contribution in [2.45, 2.75) is 19.4 Å². The highest BCUT2D eigenvalue weighted by Crippen LogP contribution is 2.12. The van der Waals surface area contributed by atoms with E-state index in [-0.39, 0.29) is 30.8 Å². The zero-order chi connectivity index (χ0) is 15.1. The van der Waals surface area contributed by atoms with Crippen molar-refractivity contribution in [2.24, 2.45) is 0 Å². The summed E-state index contributed by atoms with van der Waals surface area (Å²) >= 11 is 0. The largest absolute Gasteiger partial charge is 0.493 e. The van der Waals surface area contributed by atoms with E-state index in [0.29, 0.717) is 5.75 Å². The van der Waals surface area contributed by atoms with E-state index in [1.165, 1.54) is 12.1 Å². The van der Waals surface area contributed by atoms with Gasteiger partial charge in [-0.2, -0.15) is 0 Å². The Bertz CT molecular complexity index is 569. The van der Waals surface area contributed by atoms with Crippen molar-refractivity contribution in [2.75, 3.05) is 6.61 Å². The summed E-state index contributed by atoms with van der Waals surface area (Å²) in [5, 5.41) is 2.91. The van der Waals surface area contributed by atoms with Crippen LogP contribution in [0.4, 0.5) is 4.39 Å². The van der Waals surface area contributed by atoms with Crippen LogP contribution in [-0.2, 0) is 4.79 Å². The van der Waals surface area contributed by atoms with Crippen LogP contribution in [0, 0.1) is 5.82 Å². The topological polar surface area (TPSA) is 38.3 Å². The molecule has 1 unspecified atom stereocenters. The number of hydrogen-bond acceptors (Lipinski definition) is 2. The maximum Gasteiger partial charge on any atom is 0.223 e. The second kappa shape index (κ2) is 7.43. The Morgan fingerprint density at radius 3 is 2.48 bits per heavy atom. The maximum atomic E-state index is 12.7. The summed E-state index contributed by atoms with van der Waals surface area (Å²) < 4.78 is 18.1. The van der Waals surface area contributed by atoms with E-state index in [4.69, 9.17) is 4.74 Å². The second-order valence-corrected chi connectivity index (χ2v) is 4.75. The average molecular weight is 287 g/mol. The molecule has 4 heteroatoms. The molecular formula is C17H18FNO2. The summed E-state index contributed by atoms with van der Waals surface area (Å²) in [5.74, 6) is 0.172. The zero-order valence-electron chi connectivity index (χ0n) is 11.9. The standard InChI is InChI=1S/C17H18FNO2/c1-13(14-5-3-2-4-6-14)19-17(20)11-12-21-16-9-7-15(18)8-10-16/h2-10,13H,11-12H2,1H3,(H,19,20). The van der Waals surface area contributed by atoms with Gasteiger partial charge < -0.3 is 10.1 Å². The normalized spacial score (nSPS) is 11.7. The molecule has 0 saturated heterocycles. The number of benzene rings is 2. The molecule has 1 N–H and O–H groups in total. The molecule has 21 heavy (non-hydrogen) atoms. The summed E-state index contributed by atoms with van der Waals surface area (Å²) in [6, 6.07) is 15.5. The third-order valence-electron chi connectivity index (χ3n) is 3.09. The van der Waals surface area contributed by atoms with E-state index < -0.39 is 0 Å². The Balaban J connectivity index is 1.73. The minimum atomic E-state index is -0.309. The number of carbonyl (C=O) groups is 1. The maximum absolute atomic E-state index is 12.7. The molecule has 0 aromatic heterocycles.